The number of hydrogen-bond donors (Lipinski definition) is 1. The lowest BCUT2D eigenvalue weighted by Crippen LogP contribution is -2.05. The van der Waals surface area contributed by atoms with E-state index in [1.165, 1.54) is 16.5 Å². The molecule has 0 aliphatic heterocycles. The van der Waals surface area contributed by atoms with E-state index in [4.69, 9.17) is 0 Å². The number of aliphatic hydroxyl groups excluding tert-OH is 1. The number of fused-ring (bicyclic) bond motifs is 1. The second-order valence-corrected chi connectivity index (χ2v) is 4.21. The van der Waals surface area contributed by atoms with E-state index in [0.29, 0.717) is 0 Å². The third-order valence-electron chi connectivity index (χ3n) is 2.72. The molecule has 0 aliphatic rings. The summed E-state index contributed by atoms with van der Waals surface area (Å²) in [4.78, 5) is 0. The van der Waals surface area contributed by atoms with Crippen LogP contribution in [0.2, 0.25) is 0 Å². The van der Waals surface area contributed by atoms with E-state index in [2.05, 4.69) is 42.0 Å². The van der Waals surface area contributed by atoms with Gasteiger partial charge < -0.3 is 9.67 Å². The zero-order valence-electron chi connectivity index (χ0n) is 9.27. The van der Waals surface area contributed by atoms with Crippen molar-refractivity contribution >= 4 is 10.9 Å². The van der Waals surface area contributed by atoms with E-state index in [1.807, 2.05) is 6.92 Å². The maximum Gasteiger partial charge on any atom is 0.0529 e. The molecular weight excluding hydrogens is 186 g/mol. The van der Waals surface area contributed by atoms with Crippen molar-refractivity contribution in [2.24, 2.45) is 0 Å². The predicted molar refractivity (Wildman–Crippen MR) is 63.0 cm³/mol. The Morgan fingerprint density at radius 1 is 1.33 bits per heavy atom. The van der Waals surface area contributed by atoms with Crippen LogP contribution < -0.4 is 0 Å². The average Bonchev–Trinajstić information content (AvgIpc) is 2.57. The van der Waals surface area contributed by atoms with Crippen LogP contribution in [0.25, 0.3) is 10.9 Å². The van der Waals surface area contributed by atoms with Gasteiger partial charge in [-0.1, -0.05) is 12.1 Å². The van der Waals surface area contributed by atoms with Gasteiger partial charge in [-0.2, -0.15) is 0 Å². The monoisotopic (exact) mass is 203 g/mol. The van der Waals surface area contributed by atoms with Gasteiger partial charge in [0.25, 0.3) is 0 Å². The molecule has 0 saturated heterocycles. The van der Waals surface area contributed by atoms with Crippen molar-refractivity contribution in [1.29, 1.82) is 0 Å². The molecule has 15 heavy (non-hydrogen) atoms. The van der Waals surface area contributed by atoms with Crippen LogP contribution in [0, 0.1) is 6.92 Å². The van der Waals surface area contributed by atoms with E-state index in [1.54, 1.807) is 0 Å². The van der Waals surface area contributed by atoms with Gasteiger partial charge >= 0.3 is 0 Å². The highest BCUT2D eigenvalue weighted by atomic mass is 16.3. The van der Waals surface area contributed by atoms with Crippen LogP contribution in [0.1, 0.15) is 18.9 Å². The van der Waals surface area contributed by atoms with E-state index in [0.717, 1.165) is 13.0 Å². The van der Waals surface area contributed by atoms with Gasteiger partial charge in [0.15, 0.2) is 0 Å². The Bertz CT molecular complexity index is 457. The standard InChI is InChI=1S/C13H17NO/c1-10-3-4-12-6-8-14(13(12)9-10)7-5-11(2)15/h3-4,6,8-9,11,15H,5,7H2,1-2H3. The number of aryl methyl sites for hydroxylation is 2. The maximum absolute atomic E-state index is 9.26. The molecule has 0 bridgehead atoms. The first-order valence-corrected chi connectivity index (χ1v) is 5.40. The third kappa shape index (κ3) is 2.21. The number of nitrogens with zero attached hydrogens (tertiary/aromatic N) is 1. The van der Waals surface area contributed by atoms with Crippen molar-refractivity contribution in [3.8, 4) is 0 Å². The Hall–Kier alpha value is -1.28. The Balaban J connectivity index is 2.31. The van der Waals surface area contributed by atoms with E-state index in [-0.39, 0.29) is 6.10 Å². The van der Waals surface area contributed by atoms with Gasteiger partial charge in [-0.15, -0.1) is 0 Å². The maximum atomic E-state index is 9.26. The number of aliphatic hydroxyl groups is 1. The molecule has 2 aromatic rings. The molecule has 1 atom stereocenters. The summed E-state index contributed by atoms with van der Waals surface area (Å²) in [7, 11) is 0. The van der Waals surface area contributed by atoms with E-state index >= 15 is 0 Å². The average molecular weight is 203 g/mol. The fraction of sp³-hybridized carbons (Fsp3) is 0.385. The summed E-state index contributed by atoms with van der Waals surface area (Å²) in [6, 6.07) is 8.58. The van der Waals surface area contributed by atoms with E-state index in [9.17, 15) is 5.11 Å². The van der Waals surface area contributed by atoms with Crippen LogP contribution in [0.4, 0.5) is 0 Å². The Morgan fingerprint density at radius 2 is 2.13 bits per heavy atom. The summed E-state index contributed by atoms with van der Waals surface area (Å²) in [6.07, 6.45) is 2.66. The van der Waals surface area contributed by atoms with Crippen LogP contribution in [0.3, 0.4) is 0 Å². The molecule has 80 valence electrons. The van der Waals surface area contributed by atoms with Crippen molar-refractivity contribution in [3.63, 3.8) is 0 Å². The van der Waals surface area contributed by atoms with Crippen LogP contribution in [0.15, 0.2) is 30.5 Å². The lowest BCUT2D eigenvalue weighted by Gasteiger charge is -2.07. The molecule has 0 amide bonds. The SMILES string of the molecule is Cc1ccc2ccn(CCC(C)O)c2c1. The molecule has 2 heteroatoms. The van der Waals surface area contributed by atoms with Crippen LogP contribution >= 0.6 is 0 Å². The summed E-state index contributed by atoms with van der Waals surface area (Å²) in [5.41, 5.74) is 2.54. The van der Waals surface area contributed by atoms with Crippen molar-refractivity contribution in [3.05, 3.63) is 36.0 Å². The first-order valence-electron chi connectivity index (χ1n) is 5.40. The normalized spacial score (nSPS) is 13.3. The molecule has 0 aliphatic carbocycles. The molecule has 1 heterocycles. The van der Waals surface area contributed by atoms with Gasteiger partial charge in [-0.05, 0) is 43.4 Å². The quantitative estimate of drug-likeness (QED) is 0.815. The van der Waals surface area contributed by atoms with Crippen LogP contribution in [-0.4, -0.2) is 15.8 Å². The lowest BCUT2D eigenvalue weighted by molar-refractivity contribution is 0.178. The summed E-state index contributed by atoms with van der Waals surface area (Å²) >= 11 is 0. The zero-order chi connectivity index (χ0) is 10.8. The second-order valence-electron chi connectivity index (χ2n) is 4.21. The predicted octanol–water partition coefficient (Wildman–Crippen LogP) is 2.72. The molecule has 1 N–H and O–H groups in total. The lowest BCUT2D eigenvalue weighted by atomic mass is 10.2. The summed E-state index contributed by atoms with van der Waals surface area (Å²) < 4.78 is 2.20. The number of benzene rings is 1. The summed E-state index contributed by atoms with van der Waals surface area (Å²) in [6.45, 7) is 4.81. The minimum absolute atomic E-state index is 0.229. The van der Waals surface area contributed by atoms with Gasteiger partial charge in [0.05, 0.1) is 6.10 Å². The van der Waals surface area contributed by atoms with Gasteiger partial charge in [-0.25, -0.2) is 0 Å². The molecular formula is C13H17NO. The highest BCUT2D eigenvalue weighted by Crippen LogP contribution is 2.17. The molecule has 0 fully saturated rings. The van der Waals surface area contributed by atoms with Gasteiger partial charge in [0, 0.05) is 18.3 Å². The number of hydrogen-bond acceptors (Lipinski definition) is 1. The molecule has 0 saturated carbocycles. The van der Waals surface area contributed by atoms with Crippen molar-refractivity contribution < 1.29 is 5.11 Å². The van der Waals surface area contributed by atoms with Crippen molar-refractivity contribution in [2.75, 3.05) is 0 Å². The summed E-state index contributed by atoms with van der Waals surface area (Å²) in [5, 5.41) is 10.5. The molecule has 1 unspecified atom stereocenters. The molecule has 0 radical (unpaired) electrons. The molecule has 2 nitrogen and oxygen atoms in total. The fourth-order valence-corrected chi connectivity index (χ4v) is 1.81. The largest absolute Gasteiger partial charge is 0.393 e. The zero-order valence-corrected chi connectivity index (χ0v) is 9.27. The third-order valence-corrected chi connectivity index (χ3v) is 2.72. The minimum atomic E-state index is -0.229. The molecule has 0 spiro atoms. The number of rotatable bonds is 3. The first-order chi connectivity index (χ1) is 7.16. The van der Waals surface area contributed by atoms with Crippen LogP contribution in [-0.2, 0) is 6.54 Å². The minimum Gasteiger partial charge on any atom is -0.393 e. The first kappa shape index (κ1) is 10.2. The Kier molecular flexibility index (Phi) is 2.78. The van der Waals surface area contributed by atoms with Gasteiger partial charge in [0.1, 0.15) is 0 Å². The molecule has 1 aromatic carbocycles. The smallest absolute Gasteiger partial charge is 0.0529 e. The summed E-state index contributed by atoms with van der Waals surface area (Å²) in [5.74, 6) is 0. The topological polar surface area (TPSA) is 25.2 Å². The van der Waals surface area contributed by atoms with Gasteiger partial charge in [-0.3, -0.25) is 0 Å². The highest BCUT2D eigenvalue weighted by Gasteiger charge is 2.02. The van der Waals surface area contributed by atoms with E-state index < -0.39 is 0 Å². The van der Waals surface area contributed by atoms with Gasteiger partial charge in [0.2, 0.25) is 0 Å². The molecule has 1 aromatic heterocycles. The molecule has 2 rings (SSSR count). The Labute approximate surface area is 90.2 Å². The van der Waals surface area contributed by atoms with Crippen LogP contribution in [0.5, 0.6) is 0 Å². The fourth-order valence-electron chi connectivity index (χ4n) is 1.81. The van der Waals surface area contributed by atoms with Crippen molar-refractivity contribution in [2.45, 2.75) is 32.9 Å². The number of aromatic nitrogens is 1. The second kappa shape index (κ2) is 4.07. The Morgan fingerprint density at radius 3 is 2.87 bits per heavy atom. The van der Waals surface area contributed by atoms with Crippen molar-refractivity contribution in [1.82, 2.24) is 4.57 Å². The highest BCUT2D eigenvalue weighted by molar-refractivity contribution is 5.80.